The van der Waals surface area contributed by atoms with Crippen molar-refractivity contribution in [1.82, 2.24) is 19.6 Å². The van der Waals surface area contributed by atoms with Crippen molar-refractivity contribution in [2.45, 2.75) is 465 Å². The van der Waals surface area contributed by atoms with Crippen LogP contribution < -0.4 is 0 Å². The monoisotopic (exact) mass is 1910 g/mol. The summed E-state index contributed by atoms with van der Waals surface area (Å²) in [6.07, 6.45) is 7.86. The predicted molar refractivity (Wildman–Crippen MR) is 619 cm³/mol. The standard InChI is InChI=1S/C21H28.C16H28OS.C16H26.C14H29N.2C13H27N.C13H28.C12H25N.C12H26/c1-19(2,3)21(20(4,5)6,17-13-9-7-10-14-17)18-15-11-8-12-16-18;1-13(2,3)15(7,8)16(17,14(4,5)6)12-10-9-11-18-12;1-15(2,3)14(16(4,5)6)12-13-10-8-7-9-11-13;1-12(2,3)14(13(4,5)6)8-10-15(7)11-9-14;1-12(2,3)11(13(4,5)6)10-8-14(7)9-10;1-11(2,3)13(12(4,5)6)8-9-14(7)10-13;1-11(2,3)10(12(4,5)6)13(7,8)9;1-10(2,3)12(11(4,5)6)8-13(7)9-12;1-8-9-10(11(2,3)4)12(5,6)7/h7-16H,1-6H3;9-11,17H,1-8H3;7-11,14H,12H2,1-6H3;8-11H2,1-7H3;10-11H,8-9H2,1-7H3;8-10H2,1-7H3;10H,1-9H3;8-9H2,1-7H3;10H,8-9H2,1-7H3. The molecule has 0 aliphatic carbocycles. The third kappa shape index (κ3) is 35.2. The lowest BCUT2D eigenvalue weighted by Crippen LogP contribution is -2.66. The van der Waals surface area contributed by atoms with Crippen molar-refractivity contribution in [3.63, 3.8) is 0 Å². The molecule has 4 aromatic rings. The van der Waals surface area contributed by atoms with Crippen LogP contribution in [0.2, 0.25) is 0 Å². The van der Waals surface area contributed by atoms with Crippen molar-refractivity contribution in [3.05, 3.63) is 130 Å². The Balaban J connectivity index is 0.00000152. The normalized spacial score (nSPS) is 18.3. The maximum absolute atomic E-state index is 11.6. The maximum atomic E-state index is 11.6. The van der Waals surface area contributed by atoms with Crippen molar-refractivity contribution in [3.8, 4) is 0 Å². The predicted octanol–water partition coefficient (Wildman–Crippen LogP) is 38.8. The van der Waals surface area contributed by atoms with Crippen LogP contribution in [0.5, 0.6) is 0 Å². The van der Waals surface area contributed by atoms with Crippen molar-refractivity contribution in [2.75, 3.05) is 80.5 Å². The van der Waals surface area contributed by atoms with E-state index in [0.717, 1.165) is 28.5 Å². The molecule has 796 valence electrons. The molecule has 5 heterocycles. The lowest BCUT2D eigenvalue weighted by molar-refractivity contribution is -0.188. The van der Waals surface area contributed by atoms with Crippen LogP contribution in [0.25, 0.3) is 0 Å². The van der Waals surface area contributed by atoms with Crippen molar-refractivity contribution in [1.29, 1.82) is 0 Å². The second-order valence-corrected chi connectivity index (χ2v) is 65.7. The molecule has 1 atom stereocenters. The fourth-order valence-electron chi connectivity index (χ4n) is 29.7. The number of benzene rings is 3. The Morgan fingerprint density at radius 2 is 0.603 bits per heavy atom. The van der Waals surface area contributed by atoms with E-state index >= 15 is 0 Å². The summed E-state index contributed by atoms with van der Waals surface area (Å²) in [5.41, 5.74) is 10.7. The van der Waals surface area contributed by atoms with Crippen LogP contribution in [0, 0.1) is 154 Å². The molecule has 4 fully saturated rings. The van der Waals surface area contributed by atoms with Crippen LogP contribution in [0.4, 0.5) is 0 Å². The summed E-state index contributed by atoms with van der Waals surface area (Å²) in [4.78, 5) is 10.9. The molecular weight excluding hydrogens is 1670 g/mol. The smallest absolute Gasteiger partial charge is 0.109 e. The molecule has 8 rings (SSSR count). The van der Waals surface area contributed by atoms with Gasteiger partial charge >= 0.3 is 0 Å². The van der Waals surface area contributed by atoms with Crippen LogP contribution in [-0.2, 0) is 17.4 Å². The van der Waals surface area contributed by atoms with Gasteiger partial charge in [0.15, 0.2) is 0 Å². The maximum Gasteiger partial charge on any atom is 0.109 e. The Morgan fingerprint density at radius 3 is 0.794 bits per heavy atom. The molecule has 4 aliphatic heterocycles. The van der Waals surface area contributed by atoms with Crippen molar-refractivity contribution in [2.24, 2.45) is 154 Å². The Labute approximate surface area is 860 Å². The zero-order chi connectivity index (χ0) is 108. The zero-order valence-electron chi connectivity index (χ0n) is 104. The minimum absolute atomic E-state index is 0.0129. The average Bonchev–Trinajstić information content (AvgIpc) is 1.27. The highest BCUT2D eigenvalue weighted by atomic mass is 32.1. The lowest BCUT2D eigenvalue weighted by Gasteiger charge is -2.63. The van der Waals surface area contributed by atoms with Crippen LogP contribution >= 0.6 is 11.3 Å². The molecule has 6 heteroatoms. The molecule has 3 aromatic carbocycles. The molecule has 0 spiro atoms. The number of aliphatic hydroxyl groups is 1. The largest absolute Gasteiger partial charge is 0.383 e. The van der Waals surface area contributed by atoms with E-state index in [4.69, 9.17) is 0 Å². The molecule has 5 nitrogen and oxygen atoms in total. The van der Waals surface area contributed by atoms with Gasteiger partial charge in [0, 0.05) is 53.8 Å². The van der Waals surface area contributed by atoms with Gasteiger partial charge in [-0.1, -0.05) is 519 Å². The summed E-state index contributed by atoms with van der Waals surface area (Å²) in [6, 6.07) is 36.9. The van der Waals surface area contributed by atoms with E-state index in [1.54, 1.807) is 11.3 Å². The van der Waals surface area contributed by atoms with Crippen LogP contribution in [0.1, 0.15) is 469 Å². The first-order valence-electron chi connectivity index (χ1n) is 54.4. The fraction of sp³-hybridized carbons (Fsp3) is 0.831. The molecule has 0 radical (unpaired) electrons. The highest BCUT2D eigenvalue weighted by molar-refractivity contribution is 7.10. The van der Waals surface area contributed by atoms with Gasteiger partial charge in [-0.3, -0.25) is 0 Å². The van der Waals surface area contributed by atoms with E-state index in [2.05, 4.69) is 560 Å². The Morgan fingerprint density at radius 1 is 0.309 bits per heavy atom. The second-order valence-electron chi connectivity index (χ2n) is 64.8. The number of likely N-dealkylation sites (tertiary alicyclic amines) is 4. The Bertz CT molecular complexity index is 3780. The van der Waals surface area contributed by atoms with Crippen LogP contribution in [0.15, 0.2) is 109 Å². The summed E-state index contributed by atoms with van der Waals surface area (Å²) in [5.74, 6) is 3.98. The molecule has 0 saturated carbocycles. The first-order valence-corrected chi connectivity index (χ1v) is 55.3. The van der Waals surface area contributed by atoms with E-state index in [9.17, 15) is 5.11 Å². The fourth-order valence-corrected chi connectivity index (χ4v) is 30.9. The molecule has 4 aliphatic rings. The van der Waals surface area contributed by atoms with Crippen molar-refractivity contribution >= 4 is 11.3 Å². The van der Waals surface area contributed by atoms with Gasteiger partial charge < -0.3 is 24.7 Å². The van der Waals surface area contributed by atoms with Gasteiger partial charge in [-0.15, -0.1) is 11.3 Å². The summed E-state index contributed by atoms with van der Waals surface area (Å²) >= 11 is 1.65. The number of piperidine rings is 1. The number of thiophene rings is 1. The van der Waals surface area contributed by atoms with Gasteiger partial charge in [-0.2, -0.15) is 0 Å². The van der Waals surface area contributed by atoms with E-state index < -0.39 is 5.60 Å². The lowest BCUT2D eigenvalue weighted by atomic mass is 9.48. The molecule has 136 heavy (non-hydrogen) atoms. The second kappa shape index (κ2) is 47.3. The third-order valence-corrected chi connectivity index (χ3v) is 35.4. The zero-order valence-corrected chi connectivity index (χ0v) is 105. The molecule has 0 amide bonds. The Hall–Kier alpha value is -2.84. The molecule has 1 N–H and O–H groups in total. The summed E-state index contributed by atoms with van der Waals surface area (Å²) in [7, 11) is 8.93. The van der Waals surface area contributed by atoms with Crippen LogP contribution in [0.3, 0.4) is 0 Å². The minimum Gasteiger partial charge on any atom is -0.383 e. The number of rotatable bonds is 9. The number of nitrogens with zero attached hydrogens (tertiary/aromatic N) is 4. The van der Waals surface area contributed by atoms with E-state index in [1.807, 2.05) is 11.4 Å². The SMILES string of the molecule is CC(C)(C)C(C(C)(C)C)C(C)(C)C.CC(C)(C)C(C)(C)C(O)(c1cccs1)C(C)(C)C.CC(C)(C)C(Cc1ccccc1)C(C)(C)C.CC(C)(C)C(c1ccccc1)(c1ccccc1)C(C)(C)C.CCCC(C(C)(C)C)C(C)(C)C.CN1CC(C(C(C)(C)C)C(C)(C)C)C1.CN1CC(C(C)(C)C)(C(C)(C)C)C1.CN1CCC(C(C)(C)C)(C(C)(C)C)C1.CN1CCC(C(C)(C)C)(C(C)(C)C)CC1. The average molecular weight is 1910 g/mol. The van der Waals surface area contributed by atoms with Gasteiger partial charge in [0.2, 0.25) is 0 Å². The highest BCUT2D eigenvalue weighted by Gasteiger charge is 2.61. The number of hydrogen-bond donors (Lipinski definition) is 1. The van der Waals surface area contributed by atoms with Gasteiger partial charge in [0.1, 0.15) is 5.60 Å². The third-order valence-electron chi connectivity index (χ3n) is 34.5. The topological polar surface area (TPSA) is 33.2 Å². The van der Waals surface area contributed by atoms with Crippen molar-refractivity contribution < 1.29 is 5.11 Å². The van der Waals surface area contributed by atoms with Gasteiger partial charge in [0.25, 0.3) is 0 Å². The molecule has 4 saturated heterocycles. The van der Waals surface area contributed by atoms with E-state index in [0.29, 0.717) is 103 Å². The molecule has 1 aromatic heterocycles. The quantitative estimate of drug-likeness (QED) is 0.181. The summed E-state index contributed by atoms with van der Waals surface area (Å²) in [5, 5.41) is 13.6. The molecule has 1 unspecified atom stereocenters. The van der Waals surface area contributed by atoms with E-state index in [-0.39, 0.29) is 32.5 Å². The summed E-state index contributed by atoms with van der Waals surface area (Å²) < 4.78 is 0. The highest BCUT2D eigenvalue weighted by Crippen LogP contribution is 2.64. The molecular formula is C130H244N4OS. The van der Waals surface area contributed by atoms with Gasteiger partial charge in [0.05, 0.1) is 0 Å². The number of hydrogen-bond acceptors (Lipinski definition) is 6. The van der Waals surface area contributed by atoms with Gasteiger partial charge in [-0.05, 0) is 251 Å². The van der Waals surface area contributed by atoms with Crippen LogP contribution in [-0.4, -0.2) is 105 Å². The summed E-state index contributed by atoms with van der Waals surface area (Å²) in [6.45, 7) is 151. The first-order chi connectivity index (χ1) is 59.8. The van der Waals surface area contributed by atoms with Gasteiger partial charge in [-0.25, -0.2) is 0 Å². The Kier molecular flexibility index (Phi) is 46.3. The first kappa shape index (κ1) is 133. The molecule has 0 bridgehead atoms. The van der Waals surface area contributed by atoms with E-state index in [1.165, 1.54) is 108 Å². The minimum atomic E-state index is -0.841.